The highest BCUT2D eigenvalue weighted by Crippen LogP contribution is 2.43. The Morgan fingerprint density at radius 2 is 1.10 bits per heavy atom. The van der Waals surface area contributed by atoms with Gasteiger partial charge < -0.3 is 14.6 Å². The Morgan fingerprint density at radius 3 is 1.76 bits per heavy atom. The van der Waals surface area contributed by atoms with E-state index in [1.807, 2.05) is 60.7 Å². The predicted octanol–water partition coefficient (Wildman–Crippen LogP) is 12.4. The smallest absolute Gasteiger partial charge is 0.344 e. The first-order chi connectivity index (χ1) is 25.0. The van der Waals surface area contributed by atoms with Crippen LogP contribution in [0.3, 0.4) is 0 Å². The SMILES string of the molecule is CC1CCC(c2ccc(OC(=O)c3ccc4c5cccc6c(C(O)Oc7ccc(C8CCCCC8)cc7)ccc(c7cccc3c47)c65)cc2)CC1. The van der Waals surface area contributed by atoms with E-state index in [9.17, 15) is 9.90 Å². The van der Waals surface area contributed by atoms with E-state index in [4.69, 9.17) is 9.47 Å². The van der Waals surface area contributed by atoms with Gasteiger partial charge in [-0.05, 0) is 128 Å². The molecule has 1 unspecified atom stereocenters. The normalized spacial score (nSPS) is 19.2. The molecular weight excluding hydrogens is 629 g/mol. The Bertz CT molecular complexity index is 2320. The van der Waals surface area contributed by atoms with E-state index in [-0.39, 0.29) is 5.97 Å². The number of hydrogen-bond donors (Lipinski definition) is 1. The zero-order valence-corrected chi connectivity index (χ0v) is 29.2. The minimum atomic E-state index is -1.12. The quantitative estimate of drug-likeness (QED) is 0.0602. The molecular formula is C47H44O4. The molecule has 51 heavy (non-hydrogen) atoms. The number of ether oxygens (including phenoxy) is 2. The average Bonchev–Trinajstić information content (AvgIpc) is 3.17. The third kappa shape index (κ3) is 5.90. The van der Waals surface area contributed by atoms with Crippen molar-refractivity contribution in [3.63, 3.8) is 0 Å². The molecule has 1 atom stereocenters. The van der Waals surface area contributed by atoms with E-state index in [1.165, 1.54) is 68.9 Å². The van der Waals surface area contributed by atoms with Crippen LogP contribution in [0.15, 0.2) is 109 Å². The van der Waals surface area contributed by atoms with Crippen molar-refractivity contribution in [1.29, 1.82) is 0 Å². The fraction of sp³-hybridized carbons (Fsp3) is 0.298. The molecule has 1 N–H and O–H groups in total. The van der Waals surface area contributed by atoms with Crippen molar-refractivity contribution in [1.82, 2.24) is 0 Å². The van der Waals surface area contributed by atoms with Gasteiger partial charge in [0.1, 0.15) is 11.5 Å². The molecule has 2 aliphatic carbocycles. The number of rotatable bonds is 7. The second-order valence-corrected chi connectivity index (χ2v) is 15.1. The molecule has 0 bridgehead atoms. The number of aliphatic hydroxyl groups excluding tert-OH is 1. The van der Waals surface area contributed by atoms with Crippen molar-refractivity contribution >= 4 is 49.1 Å². The van der Waals surface area contributed by atoms with Gasteiger partial charge in [-0.15, -0.1) is 0 Å². The number of carbonyl (C=O) groups is 1. The first kappa shape index (κ1) is 32.0. The largest absolute Gasteiger partial charge is 0.461 e. The maximum atomic E-state index is 13.7. The fourth-order valence-electron chi connectivity index (χ4n) is 9.14. The minimum absolute atomic E-state index is 0.357. The van der Waals surface area contributed by atoms with E-state index in [1.54, 1.807) is 0 Å². The fourth-order valence-corrected chi connectivity index (χ4v) is 9.14. The summed E-state index contributed by atoms with van der Waals surface area (Å²) in [5.41, 5.74) is 3.97. The Morgan fingerprint density at radius 1 is 0.569 bits per heavy atom. The lowest BCUT2D eigenvalue weighted by atomic mass is 9.79. The standard InChI is InChI=1S/C47H44O4/c1-29-13-15-31(16-14-29)33-19-23-35(24-20-33)51-47(49)43-28-26-41-36-9-5-11-38-42(27-25-40(44(36)38)37-10-6-12-39(43)45(37)41)46(48)50-34-21-17-32(18-22-34)30-7-3-2-4-8-30/h5-6,9-12,17-31,46,48H,2-4,7-8,13-16H2,1H3. The Labute approximate surface area is 299 Å². The predicted molar refractivity (Wildman–Crippen MR) is 207 cm³/mol. The average molecular weight is 673 g/mol. The molecule has 0 amide bonds. The number of aliphatic hydroxyl groups is 1. The van der Waals surface area contributed by atoms with Gasteiger partial charge >= 0.3 is 5.97 Å². The first-order valence-electron chi connectivity index (χ1n) is 18.9. The summed E-state index contributed by atoms with van der Waals surface area (Å²) in [6, 6.07) is 36.8. The summed E-state index contributed by atoms with van der Waals surface area (Å²) in [6.45, 7) is 2.34. The second kappa shape index (κ2) is 13.3. The third-order valence-corrected chi connectivity index (χ3v) is 12.0. The molecule has 2 aliphatic rings. The highest BCUT2D eigenvalue weighted by Gasteiger charge is 2.23. The molecule has 256 valence electrons. The van der Waals surface area contributed by atoms with E-state index in [0.717, 1.165) is 54.6 Å². The van der Waals surface area contributed by atoms with Crippen molar-refractivity contribution < 1.29 is 19.4 Å². The van der Waals surface area contributed by atoms with E-state index < -0.39 is 6.29 Å². The van der Waals surface area contributed by atoms with Crippen LogP contribution in [0.2, 0.25) is 0 Å². The van der Waals surface area contributed by atoms with Gasteiger partial charge in [0.05, 0.1) is 5.56 Å². The van der Waals surface area contributed by atoms with Gasteiger partial charge in [-0.3, -0.25) is 0 Å². The Hall–Kier alpha value is -4.93. The van der Waals surface area contributed by atoms with Crippen molar-refractivity contribution in [3.8, 4) is 11.5 Å². The van der Waals surface area contributed by atoms with Crippen LogP contribution in [0.1, 0.15) is 110 Å². The molecule has 9 rings (SSSR count). The highest BCUT2D eigenvalue weighted by molar-refractivity contribution is 6.34. The number of hydrogen-bond acceptors (Lipinski definition) is 4. The molecule has 0 aromatic heterocycles. The number of fused-ring (bicyclic) bond motifs is 2. The van der Waals surface area contributed by atoms with Crippen molar-refractivity contribution in [2.45, 2.75) is 82.8 Å². The van der Waals surface area contributed by atoms with Crippen LogP contribution in [0.5, 0.6) is 11.5 Å². The summed E-state index contributed by atoms with van der Waals surface area (Å²) in [7, 11) is 0. The van der Waals surface area contributed by atoms with Crippen LogP contribution >= 0.6 is 0 Å². The van der Waals surface area contributed by atoms with Gasteiger partial charge in [0, 0.05) is 5.56 Å². The van der Waals surface area contributed by atoms with Gasteiger partial charge in [-0.25, -0.2) is 4.79 Å². The molecule has 0 spiro atoms. The lowest BCUT2D eigenvalue weighted by Crippen LogP contribution is -2.11. The summed E-state index contributed by atoms with van der Waals surface area (Å²) in [5.74, 6) is 2.90. The number of esters is 1. The van der Waals surface area contributed by atoms with Gasteiger partial charge in [0.25, 0.3) is 0 Å². The molecule has 0 aliphatic heterocycles. The van der Waals surface area contributed by atoms with Crippen molar-refractivity contribution in [3.05, 3.63) is 131 Å². The lowest BCUT2D eigenvalue weighted by molar-refractivity contribution is -0.0182. The topological polar surface area (TPSA) is 55.8 Å². The van der Waals surface area contributed by atoms with Gasteiger partial charge in [0.15, 0.2) is 0 Å². The van der Waals surface area contributed by atoms with E-state index >= 15 is 0 Å². The Balaban J connectivity index is 1.02. The van der Waals surface area contributed by atoms with Crippen LogP contribution in [0, 0.1) is 5.92 Å². The van der Waals surface area contributed by atoms with Crippen LogP contribution in [-0.4, -0.2) is 11.1 Å². The minimum Gasteiger partial charge on any atom is -0.461 e. The molecule has 2 saturated carbocycles. The zero-order valence-electron chi connectivity index (χ0n) is 29.2. The van der Waals surface area contributed by atoms with Gasteiger partial charge in [-0.1, -0.05) is 118 Å². The molecule has 4 nitrogen and oxygen atoms in total. The molecule has 7 aromatic carbocycles. The number of carbonyl (C=O) groups excluding carboxylic acids is 1. The summed E-state index contributed by atoms with van der Waals surface area (Å²) < 4.78 is 12.1. The van der Waals surface area contributed by atoms with Crippen LogP contribution < -0.4 is 9.47 Å². The van der Waals surface area contributed by atoms with Crippen LogP contribution in [0.4, 0.5) is 0 Å². The molecule has 4 heteroatoms. The third-order valence-electron chi connectivity index (χ3n) is 12.0. The lowest BCUT2D eigenvalue weighted by Gasteiger charge is -2.26. The maximum Gasteiger partial charge on any atom is 0.344 e. The molecule has 7 aromatic rings. The Kier molecular flexibility index (Phi) is 8.36. The summed E-state index contributed by atoms with van der Waals surface area (Å²) in [6.07, 6.45) is 10.3. The summed E-state index contributed by atoms with van der Waals surface area (Å²) in [4.78, 5) is 13.7. The molecule has 0 radical (unpaired) electrons. The van der Waals surface area contributed by atoms with Crippen molar-refractivity contribution in [2.75, 3.05) is 0 Å². The van der Waals surface area contributed by atoms with Crippen LogP contribution in [-0.2, 0) is 0 Å². The number of benzene rings is 7. The van der Waals surface area contributed by atoms with Gasteiger partial charge in [-0.2, -0.15) is 0 Å². The second-order valence-electron chi connectivity index (χ2n) is 15.1. The van der Waals surface area contributed by atoms with Gasteiger partial charge in [0.2, 0.25) is 6.29 Å². The maximum absolute atomic E-state index is 13.7. The summed E-state index contributed by atoms with van der Waals surface area (Å²) in [5, 5.41) is 19.7. The first-order valence-corrected chi connectivity index (χ1v) is 18.9. The zero-order chi connectivity index (χ0) is 34.5. The highest BCUT2D eigenvalue weighted by atomic mass is 16.6. The van der Waals surface area contributed by atoms with Crippen LogP contribution in [0.25, 0.3) is 43.1 Å². The molecule has 2 fully saturated rings. The van der Waals surface area contributed by atoms with E-state index in [2.05, 4.69) is 55.5 Å². The molecule has 0 saturated heterocycles. The monoisotopic (exact) mass is 672 g/mol. The molecule has 0 heterocycles. The summed E-state index contributed by atoms with van der Waals surface area (Å²) >= 11 is 0. The van der Waals surface area contributed by atoms with Crippen molar-refractivity contribution in [2.24, 2.45) is 5.92 Å². The van der Waals surface area contributed by atoms with E-state index in [0.29, 0.717) is 28.9 Å².